The molecule has 1 atom stereocenters. The summed E-state index contributed by atoms with van der Waals surface area (Å²) in [4.78, 5) is 20.8. The van der Waals surface area contributed by atoms with E-state index in [2.05, 4.69) is 4.74 Å². The van der Waals surface area contributed by atoms with Gasteiger partial charge in [-0.15, -0.1) is 0 Å². The molecule has 1 N–H and O–H groups in total. The van der Waals surface area contributed by atoms with Gasteiger partial charge in [-0.05, 0) is 37.0 Å². The van der Waals surface area contributed by atoms with Gasteiger partial charge in [0.25, 0.3) is 6.47 Å². The lowest BCUT2D eigenvalue weighted by Gasteiger charge is -2.10. The molecule has 0 radical (unpaired) electrons. The van der Waals surface area contributed by atoms with E-state index in [4.69, 9.17) is 5.11 Å². The normalized spacial score (nSPS) is 12.8. The number of carbonyl (C=O) groups excluding carboxylic acids is 1. The van der Waals surface area contributed by atoms with Crippen LogP contribution in [0.25, 0.3) is 0 Å². The van der Waals surface area contributed by atoms with Gasteiger partial charge in [0.15, 0.2) is 6.10 Å². The highest BCUT2D eigenvalue weighted by Gasteiger charge is 2.29. The van der Waals surface area contributed by atoms with Crippen LogP contribution >= 0.6 is 0 Å². The monoisotopic (exact) mass is 290 g/mol. The van der Waals surface area contributed by atoms with Crippen molar-refractivity contribution in [3.05, 3.63) is 35.4 Å². The molecule has 0 aliphatic rings. The predicted octanol–water partition coefficient (Wildman–Crippen LogP) is 2.65. The maximum absolute atomic E-state index is 12.3. The van der Waals surface area contributed by atoms with Gasteiger partial charge in [-0.3, -0.25) is 4.79 Å². The van der Waals surface area contributed by atoms with Crippen molar-refractivity contribution in [3.63, 3.8) is 0 Å². The van der Waals surface area contributed by atoms with Crippen LogP contribution < -0.4 is 0 Å². The zero-order valence-corrected chi connectivity index (χ0v) is 10.4. The molecule has 7 heteroatoms. The first-order valence-corrected chi connectivity index (χ1v) is 5.82. The molecule has 0 amide bonds. The number of carbonyl (C=O) groups is 2. The van der Waals surface area contributed by atoms with Crippen LogP contribution in [0.2, 0.25) is 0 Å². The molecule has 4 nitrogen and oxygen atoms in total. The van der Waals surface area contributed by atoms with Gasteiger partial charge in [0.05, 0.1) is 5.56 Å². The number of hydrogen-bond acceptors (Lipinski definition) is 3. The second-order valence-corrected chi connectivity index (χ2v) is 4.15. The maximum Gasteiger partial charge on any atom is 0.416 e. The fourth-order valence-electron chi connectivity index (χ4n) is 1.67. The first-order valence-electron chi connectivity index (χ1n) is 5.82. The average Bonchev–Trinajstić information content (AvgIpc) is 2.37. The number of carboxylic acid groups (broad SMARTS) is 1. The molecule has 1 aromatic rings. The molecule has 0 fully saturated rings. The highest BCUT2D eigenvalue weighted by atomic mass is 19.4. The van der Waals surface area contributed by atoms with Crippen LogP contribution in [0, 0.1) is 0 Å². The number of ether oxygens (including phenoxy) is 1. The minimum absolute atomic E-state index is 0.0664. The first-order chi connectivity index (χ1) is 9.34. The Bertz CT molecular complexity index is 454. The van der Waals surface area contributed by atoms with Crippen molar-refractivity contribution < 1.29 is 32.6 Å². The van der Waals surface area contributed by atoms with Gasteiger partial charge in [-0.1, -0.05) is 12.1 Å². The molecule has 0 spiro atoms. The fourth-order valence-corrected chi connectivity index (χ4v) is 1.67. The van der Waals surface area contributed by atoms with E-state index >= 15 is 0 Å². The molecule has 0 saturated carbocycles. The minimum atomic E-state index is -4.37. The number of alkyl halides is 3. The van der Waals surface area contributed by atoms with E-state index in [1.54, 1.807) is 0 Å². The second kappa shape index (κ2) is 6.93. The Morgan fingerprint density at radius 2 is 1.90 bits per heavy atom. The third kappa shape index (κ3) is 4.91. The van der Waals surface area contributed by atoms with Crippen LogP contribution in [0.3, 0.4) is 0 Å². The lowest BCUT2D eigenvalue weighted by atomic mass is 10.0. The van der Waals surface area contributed by atoms with Gasteiger partial charge < -0.3 is 9.84 Å². The van der Waals surface area contributed by atoms with Gasteiger partial charge in [0.1, 0.15) is 0 Å². The van der Waals surface area contributed by atoms with Crippen molar-refractivity contribution in [2.75, 3.05) is 0 Å². The van der Waals surface area contributed by atoms with Crippen molar-refractivity contribution in [3.8, 4) is 0 Å². The van der Waals surface area contributed by atoms with Crippen molar-refractivity contribution in [2.24, 2.45) is 0 Å². The number of hydrogen-bond donors (Lipinski definition) is 1. The summed E-state index contributed by atoms with van der Waals surface area (Å²) < 4.78 is 41.4. The highest BCUT2D eigenvalue weighted by molar-refractivity contribution is 5.73. The Morgan fingerprint density at radius 1 is 1.30 bits per heavy atom. The van der Waals surface area contributed by atoms with E-state index in [0.29, 0.717) is 18.4 Å². The summed E-state index contributed by atoms with van der Waals surface area (Å²) in [5, 5.41) is 8.72. The van der Waals surface area contributed by atoms with Gasteiger partial charge in [-0.2, -0.15) is 13.2 Å². The number of aryl methyl sites for hydroxylation is 1. The molecule has 110 valence electrons. The van der Waals surface area contributed by atoms with E-state index in [0.717, 1.165) is 12.1 Å². The van der Waals surface area contributed by atoms with E-state index in [1.165, 1.54) is 12.1 Å². The first kappa shape index (κ1) is 16.0. The SMILES string of the molecule is O=COC(CCCc1ccc(C(F)(F)F)cc1)C(=O)O. The zero-order chi connectivity index (χ0) is 15.2. The number of halogens is 3. The molecule has 0 aliphatic carbocycles. The third-order valence-electron chi connectivity index (χ3n) is 2.71. The third-order valence-corrected chi connectivity index (χ3v) is 2.71. The molecule has 20 heavy (non-hydrogen) atoms. The van der Waals surface area contributed by atoms with E-state index < -0.39 is 23.8 Å². The number of aliphatic carboxylic acids is 1. The van der Waals surface area contributed by atoms with Crippen molar-refractivity contribution in [1.29, 1.82) is 0 Å². The average molecular weight is 290 g/mol. The Hall–Kier alpha value is -2.05. The number of carboxylic acids is 1. The second-order valence-electron chi connectivity index (χ2n) is 4.15. The van der Waals surface area contributed by atoms with Gasteiger partial charge >= 0.3 is 12.1 Å². The summed E-state index contributed by atoms with van der Waals surface area (Å²) in [6.07, 6.45) is -4.69. The Kier molecular flexibility index (Phi) is 5.54. The van der Waals surface area contributed by atoms with Gasteiger partial charge in [-0.25, -0.2) is 4.79 Å². The van der Waals surface area contributed by atoms with Crippen LogP contribution in [0.5, 0.6) is 0 Å². The lowest BCUT2D eigenvalue weighted by Crippen LogP contribution is -2.23. The molecule has 1 aromatic carbocycles. The Morgan fingerprint density at radius 3 is 2.35 bits per heavy atom. The molecule has 0 bridgehead atoms. The van der Waals surface area contributed by atoms with Crippen molar-refractivity contribution >= 4 is 12.4 Å². The van der Waals surface area contributed by atoms with Crippen LogP contribution in [-0.4, -0.2) is 23.7 Å². The van der Waals surface area contributed by atoms with E-state index in [1.807, 2.05) is 0 Å². The smallest absolute Gasteiger partial charge is 0.416 e. The van der Waals surface area contributed by atoms with E-state index in [9.17, 15) is 22.8 Å². The zero-order valence-electron chi connectivity index (χ0n) is 10.4. The van der Waals surface area contributed by atoms with Crippen LogP contribution in [-0.2, 0) is 26.9 Å². The van der Waals surface area contributed by atoms with Crippen molar-refractivity contribution in [2.45, 2.75) is 31.5 Å². The maximum atomic E-state index is 12.3. The van der Waals surface area contributed by atoms with Crippen LogP contribution in [0.4, 0.5) is 13.2 Å². The summed E-state index contributed by atoms with van der Waals surface area (Å²) >= 11 is 0. The van der Waals surface area contributed by atoms with Gasteiger partial charge in [0.2, 0.25) is 0 Å². The Balaban J connectivity index is 2.50. The Labute approximate surface area is 113 Å². The fraction of sp³-hybridized carbons (Fsp3) is 0.385. The molecule has 0 heterocycles. The van der Waals surface area contributed by atoms with Gasteiger partial charge in [0, 0.05) is 0 Å². The summed E-state index contributed by atoms with van der Waals surface area (Å²) in [5.74, 6) is -1.25. The van der Waals surface area contributed by atoms with Crippen LogP contribution in [0.1, 0.15) is 24.0 Å². The summed E-state index contributed by atoms with van der Waals surface area (Å²) in [5.41, 5.74) is -0.0674. The molecule has 0 aromatic heterocycles. The largest absolute Gasteiger partial charge is 0.479 e. The minimum Gasteiger partial charge on any atom is -0.479 e. The molecular formula is C13H13F3O4. The molecule has 1 rings (SSSR count). The highest BCUT2D eigenvalue weighted by Crippen LogP contribution is 2.29. The summed E-state index contributed by atoms with van der Waals surface area (Å²) in [7, 11) is 0. The van der Waals surface area contributed by atoms with E-state index in [-0.39, 0.29) is 12.9 Å². The quantitative estimate of drug-likeness (QED) is 0.784. The topological polar surface area (TPSA) is 63.6 Å². The number of benzene rings is 1. The van der Waals surface area contributed by atoms with Crippen molar-refractivity contribution in [1.82, 2.24) is 0 Å². The lowest BCUT2D eigenvalue weighted by molar-refractivity contribution is -0.156. The molecule has 1 unspecified atom stereocenters. The molecule has 0 saturated heterocycles. The molecule has 0 aliphatic heterocycles. The number of rotatable bonds is 7. The summed E-state index contributed by atoms with van der Waals surface area (Å²) in [6.45, 7) is 0.0664. The van der Waals surface area contributed by atoms with Crippen LogP contribution in [0.15, 0.2) is 24.3 Å². The standard InChI is InChI=1S/C13H13F3O4/c14-13(15,16)10-6-4-9(5-7-10)2-1-3-11(12(18)19)20-8-17/h4-8,11H,1-3H2,(H,18,19). The predicted molar refractivity (Wildman–Crippen MR) is 63.0 cm³/mol. The molecular weight excluding hydrogens is 277 g/mol. The summed E-state index contributed by atoms with van der Waals surface area (Å²) in [6, 6.07) is 4.65.